The molecule has 0 radical (unpaired) electrons. The summed E-state index contributed by atoms with van der Waals surface area (Å²) in [6, 6.07) is 5.72. The van der Waals surface area contributed by atoms with Crippen LogP contribution in [-0.2, 0) is 14.8 Å². The highest BCUT2D eigenvalue weighted by atomic mass is 32.2. The predicted octanol–water partition coefficient (Wildman–Crippen LogP) is 0.794. The lowest BCUT2D eigenvalue weighted by Crippen LogP contribution is -2.35. The molecule has 0 saturated carbocycles. The summed E-state index contributed by atoms with van der Waals surface area (Å²) in [6.45, 7) is 1.29. The summed E-state index contributed by atoms with van der Waals surface area (Å²) >= 11 is 0. The van der Waals surface area contributed by atoms with Gasteiger partial charge < -0.3 is 9.84 Å². The normalized spacial score (nSPS) is 11.1. The van der Waals surface area contributed by atoms with Crippen molar-refractivity contribution < 1.29 is 23.1 Å². The van der Waals surface area contributed by atoms with Crippen LogP contribution in [0.2, 0.25) is 0 Å². The Balaban J connectivity index is 3.06. The van der Waals surface area contributed by atoms with Crippen molar-refractivity contribution in [2.45, 2.75) is 11.8 Å². The number of carboxylic acid groups (broad SMARTS) is 1. The van der Waals surface area contributed by atoms with Gasteiger partial charge in [-0.3, -0.25) is 4.79 Å². The van der Waals surface area contributed by atoms with Crippen LogP contribution < -0.4 is 4.74 Å². The molecule has 0 fully saturated rings. The number of carbonyl (C=O) groups is 1. The van der Waals surface area contributed by atoms with E-state index in [0.29, 0.717) is 12.4 Å². The molecule has 0 aromatic heterocycles. The molecule has 1 aromatic carbocycles. The van der Waals surface area contributed by atoms with Crippen molar-refractivity contribution in [1.29, 1.82) is 0 Å². The largest absolute Gasteiger partial charge is 0.494 e. The summed E-state index contributed by atoms with van der Waals surface area (Å²) in [4.78, 5) is 10.7. The first-order valence-corrected chi connectivity index (χ1v) is 7.24. The number of hydrogen-bond donors (Lipinski definition) is 1. The van der Waals surface area contributed by atoms with Crippen molar-refractivity contribution in [3.63, 3.8) is 0 Å². The second kappa shape index (κ2) is 6.93. The van der Waals surface area contributed by atoms with Crippen molar-refractivity contribution in [1.82, 2.24) is 4.31 Å². The number of sulfonamides is 1. The molecule has 0 aliphatic heterocycles. The molecule has 0 unspecified atom stereocenters. The zero-order valence-corrected chi connectivity index (χ0v) is 11.8. The number of ether oxygens (including phenoxy) is 1. The van der Waals surface area contributed by atoms with Crippen LogP contribution in [0.5, 0.6) is 5.75 Å². The van der Waals surface area contributed by atoms with Crippen molar-refractivity contribution in [2.75, 3.05) is 19.7 Å². The molecule has 0 aliphatic carbocycles. The average Bonchev–Trinajstić information content (AvgIpc) is 2.39. The Morgan fingerprint density at radius 1 is 1.40 bits per heavy atom. The fraction of sp³-hybridized carbons (Fsp3) is 0.308. The highest BCUT2D eigenvalue weighted by Crippen LogP contribution is 2.19. The van der Waals surface area contributed by atoms with Crippen LogP contribution in [0.1, 0.15) is 6.92 Å². The maximum atomic E-state index is 12.3. The fourth-order valence-corrected chi connectivity index (χ4v) is 2.81. The molecule has 0 bridgehead atoms. The third-order valence-electron chi connectivity index (χ3n) is 2.35. The van der Waals surface area contributed by atoms with Gasteiger partial charge in [0.25, 0.3) is 0 Å². The number of nitrogens with zero attached hydrogens (tertiary/aromatic N) is 1. The summed E-state index contributed by atoms with van der Waals surface area (Å²) in [6.07, 6.45) is 5.07. The van der Waals surface area contributed by atoms with E-state index in [1.165, 1.54) is 24.3 Å². The van der Waals surface area contributed by atoms with Gasteiger partial charge in [-0.15, -0.1) is 6.42 Å². The first kappa shape index (κ1) is 16.0. The van der Waals surface area contributed by atoms with E-state index in [9.17, 15) is 13.2 Å². The van der Waals surface area contributed by atoms with Crippen LogP contribution in [0.15, 0.2) is 29.2 Å². The smallest absolute Gasteiger partial charge is 0.318 e. The molecule has 108 valence electrons. The van der Waals surface area contributed by atoms with Gasteiger partial charge in [-0.05, 0) is 31.2 Å². The van der Waals surface area contributed by atoms with E-state index in [0.717, 1.165) is 4.31 Å². The molecule has 6 nitrogen and oxygen atoms in total. The molecule has 1 aromatic rings. The molecule has 1 N–H and O–H groups in total. The van der Waals surface area contributed by atoms with E-state index in [1.807, 2.05) is 6.92 Å². The highest BCUT2D eigenvalue weighted by molar-refractivity contribution is 7.89. The van der Waals surface area contributed by atoms with Gasteiger partial charge in [0.2, 0.25) is 10.0 Å². The van der Waals surface area contributed by atoms with E-state index in [-0.39, 0.29) is 11.4 Å². The SMILES string of the molecule is C#CCN(CC(=O)O)S(=O)(=O)c1ccc(OCC)cc1. The summed E-state index contributed by atoms with van der Waals surface area (Å²) in [5.41, 5.74) is 0. The molecule has 7 heteroatoms. The molecule has 1 rings (SSSR count). The average molecular weight is 297 g/mol. The fourth-order valence-electron chi connectivity index (χ4n) is 1.50. The summed E-state index contributed by atoms with van der Waals surface area (Å²) in [7, 11) is -3.94. The lowest BCUT2D eigenvalue weighted by atomic mass is 10.3. The topological polar surface area (TPSA) is 83.9 Å². The van der Waals surface area contributed by atoms with E-state index in [4.69, 9.17) is 16.3 Å². The molecule has 0 atom stereocenters. The van der Waals surface area contributed by atoms with Gasteiger partial charge in [0.15, 0.2) is 0 Å². The Morgan fingerprint density at radius 3 is 2.45 bits per heavy atom. The van der Waals surface area contributed by atoms with E-state index >= 15 is 0 Å². The van der Waals surface area contributed by atoms with E-state index < -0.39 is 22.5 Å². The number of benzene rings is 1. The van der Waals surface area contributed by atoms with Gasteiger partial charge in [0.05, 0.1) is 18.0 Å². The number of terminal acetylenes is 1. The minimum Gasteiger partial charge on any atom is -0.494 e. The zero-order valence-electron chi connectivity index (χ0n) is 10.9. The molecule has 0 saturated heterocycles. The van der Waals surface area contributed by atoms with Crippen LogP contribution in [-0.4, -0.2) is 43.5 Å². The third-order valence-corrected chi connectivity index (χ3v) is 4.16. The van der Waals surface area contributed by atoms with Gasteiger partial charge in [0, 0.05) is 0 Å². The van der Waals surface area contributed by atoms with Crippen LogP contribution in [0.3, 0.4) is 0 Å². The number of rotatable bonds is 7. The van der Waals surface area contributed by atoms with Crippen molar-refractivity contribution in [3.05, 3.63) is 24.3 Å². The van der Waals surface area contributed by atoms with E-state index in [2.05, 4.69) is 5.92 Å². The molecule has 0 amide bonds. The third kappa shape index (κ3) is 3.98. The maximum Gasteiger partial charge on any atom is 0.318 e. The molecule has 20 heavy (non-hydrogen) atoms. The monoisotopic (exact) mass is 297 g/mol. The quantitative estimate of drug-likeness (QED) is 0.752. The Hall–Kier alpha value is -2.04. The maximum absolute atomic E-state index is 12.3. The van der Waals surface area contributed by atoms with Crippen LogP contribution in [0.4, 0.5) is 0 Å². The minimum absolute atomic E-state index is 0.0301. The van der Waals surface area contributed by atoms with Gasteiger partial charge in [-0.25, -0.2) is 8.42 Å². The molecule has 0 aliphatic rings. The summed E-state index contributed by atoms with van der Waals surface area (Å²) in [5, 5.41) is 8.74. The highest BCUT2D eigenvalue weighted by Gasteiger charge is 2.25. The number of hydrogen-bond acceptors (Lipinski definition) is 4. The number of carboxylic acids is 1. The first-order valence-electron chi connectivity index (χ1n) is 5.80. The zero-order chi connectivity index (χ0) is 15.2. The first-order chi connectivity index (χ1) is 9.41. The second-order valence-electron chi connectivity index (χ2n) is 3.78. The van der Waals surface area contributed by atoms with Gasteiger partial charge in [-0.1, -0.05) is 5.92 Å². The lowest BCUT2D eigenvalue weighted by molar-refractivity contribution is -0.137. The van der Waals surface area contributed by atoms with E-state index in [1.54, 1.807) is 0 Å². The standard InChI is InChI=1S/C13H15NO5S/c1-3-9-14(10-13(15)16)20(17,18)12-7-5-11(6-8-12)19-4-2/h1,5-8H,4,9-10H2,2H3,(H,15,16). The van der Waals surface area contributed by atoms with Crippen molar-refractivity contribution in [2.24, 2.45) is 0 Å². The van der Waals surface area contributed by atoms with Crippen LogP contribution in [0, 0.1) is 12.3 Å². The molecule has 0 spiro atoms. The summed E-state index contributed by atoms with van der Waals surface area (Å²) < 4.78 is 30.4. The minimum atomic E-state index is -3.94. The lowest BCUT2D eigenvalue weighted by Gasteiger charge is -2.17. The summed E-state index contributed by atoms with van der Waals surface area (Å²) in [5.74, 6) is 1.41. The Labute approximate surface area is 118 Å². The van der Waals surface area contributed by atoms with Crippen LogP contribution in [0.25, 0.3) is 0 Å². The Kier molecular flexibility index (Phi) is 5.55. The predicted molar refractivity (Wildman–Crippen MR) is 72.8 cm³/mol. The van der Waals surface area contributed by atoms with Crippen molar-refractivity contribution in [3.8, 4) is 18.1 Å². The van der Waals surface area contributed by atoms with Crippen molar-refractivity contribution >= 4 is 16.0 Å². The number of aliphatic carboxylic acids is 1. The Bertz CT molecular complexity index is 601. The van der Waals surface area contributed by atoms with Gasteiger partial charge in [0.1, 0.15) is 12.3 Å². The Morgan fingerprint density at radius 2 is 2.00 bits per heavy atom. The van der Waals surface area contributed by atoms with Gasteiger partial charge >= 0.3 is 5.97 Å². The molecule has 0 heterocycles. The second-order valence-corrected chi connectivity index (χ2v) is 5.71. The molecular weight excluding hydrogens is 282 g/mol. The van der Waals surface area contributed by atoms with Crippen LogP contribution >= 0.6 is 0 Å². The van der Waals surface area contributed by atoms with Gasteiger partial charge in [-0.2, -0.15) is 4.31 Å². The molecular formula is C13H15NO5S.